The Labute approximate surface area is 136 Å². The Kier molecular flexibility index (Phi) is 5.89. The Balaban J connectivity index is 1.73. The van der Waals surface area contributed by atoms with Crippen LogP contribution in [0.4, 0.5) is 0 Å². The molecule has 0 aliphatic carbocycles. The number of sulfonamides is 1. The number of nitrogens with zero attached hydrogens (tertiary/aromatic N) is 2. The molecule has 2 rings (SSSR count). The molecule has 1 heterocycles. The number of amides is 1. The zero-order chi connectivity index (χ0) is 16.0. The average molecular weight is 358 g/mol. The molecule has 0 aliphatic rings. The van der Waals surface area contributed by atoms with Gasteiger partial charge in [-0.05, 0) is 24.1 Å². The number of nitrogens with one attached hydrogen (secondary N) is 1. The Morgan fingerprint density at radius 3 is 2.64 bits per heavy atom. The van der Waals surface area contributed by atoms with Crippen molar-refractivity contribution in [1.82, 2.24) is 15.5 Å². The fourth-order valence-electron chi connectivity index (χ4n) is 1.60. The van der Waals surface area contributed by atoms with Gasteiger partial charge in [0.1, 0.15) is 5.51 Å². The lowest BCUT2D eigenvalue weighted by atomic mass is 10.1. The quantitative estimate of drug-likeness (QED) is 0.702. The van der Waals surface area contributed by atoms with Gasteiger partial charge in [0.05, 0.1) is 10.6 Å². The summed E-state index contributed by atoms with van der Waals surface area (Å²) < 4.78 is 23.0. The van der Waals surface area contributed by atoms with E-state index < -0.39 is 10.0 Å². The zero-order valence-electron chi connectivity index (χ0n) is 11.4. The van der Waals surface area contributed by atoms with E-state index in [1.165, 1.54) is 35.2 Å². The molecule has 7 nitrogen and oxygen atoms in total. The predicted octanol–water partition coefficient (Wildman–Crippen LogP) is 0.636. The molecule has 0 atom stereocenters. The molecule has 0 bridgehead atoms. The Hall–Kier alpha value is -1.49. The van der Waals surface area contributed by atoms with Gasteiger partial charge in [-0.3, -0.25) is 4.79 Å². The monoisotopic (exact) mass is 358 g/mol. The molecule has 0 fully saturated rings. The largest absolute Gasteiger partial charge is 0.355 e. The van der Waals surface area contributed by atoms with E-state index in [-0.39, 0.29) is 10.8 Å². The first kappa shape index (κ1) is 16.9. The van der Waals surface area contributed by atoms with Crippen LogP contribution in [0.5, 0.6) is 0 Å². The molecule has 1 amide bonds. The maximum Gasteiger partial charge on any atom is 0.238 e. The van der Waals surface area contributed by atoms with E-state index in [0.717, 1.165) is 9.90 Å². The third kappa shape index (κ3) is 5.37. The number of aromatic nitrogens is 2. The van der Waals surface area contributed by atoms with Crippen LogP contribution in [0.1, 0.15) is 5.56 Å². The highest BCUT2D eigenvalue weighted by Gasteiger charge is 2.07. The normalized spacial score (nSPS) is 11.3. The average Bonchev–Trinajstić information content (AvgIpc) is 2.98. The van der Waals surface area contributed by atoms with Crippen molar-refractivity contribution in [2.75, 3.05) is 12.3 Å². The van der Waals surface area contributed by atoms with Gasteiger partial charge in [-0.1, -0.05) is 35.2 Å². The Bertz CT molecular complexity index is 715. The van der Waals surface area contributed by atoms with Gasteiger partial charge in [-0.2, -0.15) is 0 Å². The Morgan fingerprint density at radius 1 is 1.32 bits per heavy atom. The van der Waals surface area contributed by atoms with Crippen LogP contribution in [0.25, 0.3) is 0 Å². The molecule has 0 saturated heterocycles. The summed E-state index contributed by atoms with van der Waals surface area (Å²) in [6.07, 6.45) is 0.611. The molecule has 0 saturated carbocycles. The minimum absolute atomic E-state index is 0.0775. The lowest BCUT2D eigenvalue weighted by Crippen LogP contribution is -2.27. The maximum absolute atomic E-state index is 11.6. The third-order valence-corrected chi connectivity index (χ3v) is 5.44. The topological polar surface area (TPSA) is 115 Å². The van der Waals surface area contributed by atoms with Crippen LogP contribution < -0.4 is 10.5 Å². The van der Waals surface area contributed by atoms with Gasteiger partial charge in [-0.25, -0.2) is 13.6 Å². The number of thioether (sulfide) groups is 1. The summed E-state index contributed by atoms with van der Waals surface area (Å²) in [5.41, 5.74) is 2.54. The van der Waals surface area contributed by atoms with E-state index in [4.69, 9.17) is 5.14 Å². The number of rotatable bonds is 7. The molecule has 3 N–H and O–H groups in total. The molecule has 0 radical (unpaired) electrons. The van der Waals surface area contributed by atoms with E-state index in [2.05, 4.69) is 15.5 Å². The first-order valence-corrected chi connectivity index (χ1v) is 9.64. The molecule has 22 heavy (non-hydrogen) atoms. The van der Waals surface area contributed by atoms with Crippen molar-refractivity contribution in [2.24, 2.45) is 5.14 Å². The minimum atomic E-state index is -3.66. The standard InChI is InChI=1S/C12H14N4O3S3/c13-22(18,19)10-3-1-9(2-4-10)5-6-14-11(17)7-20-12-16-15-8-21-12/h1-4,8H,5-7H2,(H,14,17)(H2,13,18,19). The second kappa shape index (κ2) is 7.68. The van der Waals surface area contributed by atoms with E-state index in [0.29, 0.717) is 18.7 Å². The van der Waals surface area contributed by atoms with Crippen LogP contribution in [0.3, 0.4) is 0 Å². The van der Waals surface area contributed by atoms with Crippen molar-refractivity contribution < 1.29 is 13.2 Å². The van der Waals surface area contributed by atoms with Crippen LogP contribution in [0, 0.1) is 0 Å². The van der Waals surface area contributed by atoms with Crippen LogP contribution in [-0.2, 0) is 21.2 Å². The first-order valence-electron chi connectivity index (χ1n) is 6.22. The number of benzene rings is 1. The van der Waals surface area contributed by atoms with Gasteiger partial charge < -0.3 is 5.32 Å². The molecule has 1 aromatic heterocycles. The number of primary sulfonamides is 1. The molecular weight excluding hydrogens is 344 g/mol. The number of nitrogens with two attached hydrogens (primary N) is 1. The predicted molar refractivity (Wildman–Crippen MR) is 85.2 cm³/mol. The van der Waals surface area contributed by atoms with Gasteiger partial charge in [-0.15, -0.1) is 10.2 Å². The van der Waals surface area contributed by atoms with Crippen LogP contribution in [0.2, 0.25) is 0 Å². The molecule has 1 aromatic carbocycles. The second-order valence-corrected chi connectivity index (χ2v) is 7.90. The van der Waals surface area contributed by atoms with Crippen LogP contribution in [-0.4, -0.2) is 36.8 Å². The van der Waals surface area contributed by atoms with Crippen LogP contribution >= 0.6 is 23.1 Å². The van der Waals surface area contributed by atoms with Crippen LogP contribution in [0.15, 0.2) is 39.0 Å². The van der Waals surface area contributed by atoms with Gasteiger partial charge in [0.2, 0.25) is 15.9 Å². The molecule has 0 aliphatic heterocycles. The fourth-order valence-corrected chi connectivity index (χ4v) is 3.43. The van der Waals surface area contributed by atoms with Crippen molar-refractivity contribution in [2.45, 2.75) is 15.7 Å². The second-order valence-electron chi connectivity index (χ2n) is 4.28. The highest BCUT2D eigenvalue weighted by Crippen LogP contribution is 2.18. The first-order chi connectivity index (χ1) is 10.4. The third-order valence-electron chi connectivity index (χ3n) is 2.65. The summed E-state index contributed by atoms with van der Waals surface area (Å²) in [4.78, 5) is 11.7. The number of hydrogen-bond donors (Lipinski definition) is 2. The van der Waals surface area contributed by atoms with E-state index in [1.807, 2.05) is 0 Å². The minimum Gasteiger partial charge on any atom is -0.355 e. The van der Waals surface area contributed by atoms with Gasteiger partial charge >= 0.3 is 0 Å². The molecular formula is C12H14N4O3S3. The number of hydrogen-bond acceptors (Lipinski definition) is 7. The number of carbonyl (C=O) groups excluding carboxylic acids is 1. The molecule has 10 heteroatoms. The van der Waals surface area contributed by atoms with Crippen molar-refractivity contribution in [1.29, 1.82) is 0 Å². The summed E-state index contributed by atoms with van der Waals surface area (Å²) in [6.45, 7) is 0.476. The molecule has 0 unspecified atom stereocenters. The van der Waals surface area contributed by atoms with Crippen molar-refractivity contribution in [3.63, 3.8) is 0 Å². The smallest absolute Gasteiger partial charge is 0.238 e. The zero-order valence-corrected chi connectivity index (χ0v) is 13.9. The highest BCUT2D eigenvalue weighted by atomic mass is 32.2. The lowest BCUT2D eigenvalue weighted by molar-refractivity contribution is -0.118. The summed E-state index contributed by atoms with van der Waals surface area (Å²) >= 11 is 2.73. The summed E-state index contributed by atoms with van der Waals surface area (Å²) in [7, 11) is -3.66. The summed E-state index contributed by atoms with van der Waals surface area (Å²) in [5, 5.41) is 15.3. The maximum atomic E-state index is 11.6. The van der Waals surface area contributed by atoms with Crippen molar-refractivity contribution >= 4 is 39.0 Å². The van der Waals surface area contributed by atoms with Gasteiger partial charge in [0.25, 0.3) is 0 Å². The van der Waals surface area contributed by atoms with Crippen molar-refractivity contribution in [3.05, 3.63) is 35.3 Å². The number of carbonyl (C=O) groups is 1. The lowest BCUT2D eigenvalue weighted by Gasteiger charge is -2.05. The molecule has 0 spiro atoms. The van der Waals surface area contributed by atoms with E-state index in [9.17, 15) is 13.2 Å². The fraction of sp³-hybridized carbons (Fsp3) is 0.250. The van der Waals surface area contributed by atoms with Crippen molar-refractivity contribution in [3.8, 4) is 0 Å². The van der Waals surface area contributed by atoms with Gasteiger partial charge in [0, 0.05) is 6.54 Å². The van der Waals surface area contributed by atoms with E-state index in [1.54, 1.807) is 17.6 Å². The van der Waals surface area contributed by atoms with Gasteiger partial charge in [0.15, 0.2) is 4.34 Å². The Morgan fingerprint density at radius 2 is 2.05 bits per heavy atom. The summed E-state index contributed by atoms with van der Waals surface area (Å²) in [6, 6.07) is 6.28. The molecule has 2 aromatic rings. The highest BCUT2D eigenvalue weighted by molar-refractivity contribution is 8.01. The molecule has 118 valence electrons. The summed E-state index contributed by atoms with van der Waals surface area (Å²) in [5.74, 6) is 0.209. The van der Waals surface area contributed by atoms with E-state index >= 15 is 0 Å². The SMILES string of the molecule is NS(=O)(=O)c1ccc(CCNC(=O)CSc2nncs2)cc1.